The van der Waals surface area contributed by atoms with Gasteiger partial charge in [-0.15, -0.1) is 0 Å². The van der Waals surface area contributed by atoms with Crippen molar-refractivity contribution < 1.29 is 56.7 Å². The van der Waals surface area contributed by atoms with E-state index < -0.39 is 139 Å². The van der Waals surface area contributed by atoms with E-state index in [-0.39, 0.29) is 82.1 Å². The van der Waals surface area contributed by atoms with E-state index in [4.69, 9.17) is 33.8 Å². The average Bonchev–Trinajstić information content (AvgIpc) is 3.78. The summed E-state index contributed by atoms with van der Waals surface area (Å²) in [6, 6.07) is -1.79. The summed E-state index contributed by atoms with van der Waals surface area (Å²) in [7, 11) is 1.49. The number of halogens is 2. The highest BCUT2D eigenvalue weighted by Gasteiger charge is 2.35. The minimum Gasteiger partial charge on any atom is -0.370 e. The van der Waals surface area contributed by atoms with Crippen molar-refractivity contribution in [2.24, 2.45) is 22.9 Å². The average molecular weight is 1090 g/mol. The van der Waals surface area contributed by atoms with Gasteiger partial charge in [0.05, 0.1) is 6.42 Å². The molecule has 1 unspecified atom stereocenters. The number of aromatic nitrogens is 1. The molecule has 10 amide bonds. The third-order valence-corrected chi connectivity index (χ3v) is 12.4. The van der Waals surface area contributed by atoms with E-state index in [1.807, 2.05) is 0 Å². The lowest BCUT2D eigenvalue weighted by molar-refractivity contribution is -0.136. The highest BCUT2D eigenvalue weighted by Crippen LogP contribution is 2.20. The first-order valence-corrected chi connectivity index (χ1v) is 25.0. The van der Waals surface area contributed by atoms with Gasteiger partial charge in [-0.25, -0.2) is 8.78 Å². The number of nitrogens with two attached hydrogens (primary N) is 4. The van der Waals surface area contributed by atoms with Crippen molar-refractivity contribution in [3.63, 3.8) is 0 Å². The van der Waals surface area contributed by atoms with Crippen molar-refractivity contribution in [2.45, 2.75) is 120 Å². The van der Waals surface area contributed by atoms with Crippen LogP contribution in [0.5, 0.6) is 0 Å². The monoisotopic (exact) mass is 1090 g/mol. The molecule has 1 saturated heterocycles. The number of aromatic amines is 1. The lowest BCUT2D eigenvalue weighted by atomic mass is 10.0. The Balaban J connectivity index is 1.81. The Bertz CT molecular complexity index is 2690. The molecule has 1 aliphatic heterocycles. The number of primary amides is 2. The standard InChI is InChI=1S/C49H69F2N17O10/c1-25(69)61-33(11-6-16-59-48(54)55)42(73)64-35-13-14-40(71)58-15-5-10-32(41(53)72)62-46(77)37(21-27-24-60-31-9-4-3-8-30(27)31)66-43(74)34(12-7-17-68(2)49(56)57)63-45(76)36(20-26-18-28(50)22-29(51)19-26)65-47(78)38(23-39(52)70)67-44(35)75/h3-4,8-9,18-19,22,24,32-38,60H,5-7,10-17,20-21,23H2,1-2H3,(H2,52,70)(H2,53,72)(H3,56,57)(H,58,71)(H,61,69)(H,62,77)(H,63,76)(H,64,73)(H,65,78)(H,66,74)(H,67,75)(H4,54,55,59)/t32?,33-,34-,35-,36+,37-,38-/m0/s1. The summed E-state index contributed by atoms with van der Waals surface area (Å²) < 4.78 is 29.3. The van der Waals surface area contributed by atoms with E-state index in [1.165, 1.54) is 11.9 Å². The van der Waals surface area contributed by atoms with Crippen molar-refractivity contribution in [1.82, 2.24) is 57.7 Å². The Hall–Kier alpha value is -8.92. The summed E-state index contributed by atoms with van der Waals surface area (Å²) in [5, 5.41) is 38.5. The van der Waals surface area contributed by atoms with Crippen molar-refractivity contribution in [2.75, 3.05) is 26.7 Å². The van der Waals surface area contributed by atoms with Gasteiger partial charge in [-0.3, -0.25) is 58.8 Å². The van der Waals surface area contributed by atoms with Gasteiger partial charge in [0.25, 0.3) is 0 Å². The van der Waals surface area contributed by atoms with Crippen LogP contribution >= 0.6 is 0 Å². The largest absolute Gasteiger partial charge is 0.370 e. The molecule has 0 bridgehead atoms. The Morgan fingerprint density at radius 3 is 2.04 bits per heavy atom. The predicted molar refractivity (Wildman–Crippen MR) is 279 cm³/mol. The molecule has 78 heavy (non-hydrogen) atoms. The molecule has 0 aliphatic carbocycles. The van der Waals surface area contributed by atoms with Gasteiger partial charge in [0.1, 0.15) is 53.9 Å². The molecule has 1 aliphatic rings. The molecular formula is C49H69F2N17O10. The van der Waals surface area contributed by atoms with Crippen LogP contribution in [0.2, 0.25) is 0 Å². The van der Waals surface area contributed by atoms with Crippen LogP contribution in [0.4, 0.5) is 8.78 Å². The van der Waals surface area contributed by atoms with Crippen LogP contribution in [0.3, 0.4) is 0 Å². The number of rotatable bonds is 18. The summed E-state index contributed by atoms with van der Waals surface area (Å²) >= 11 is 0. The fourth-order valence-electron chi connectivity index (χ4n) is 8.37. The van der Waals surface area contributed by atoms with Crippen LogP contribution in [0.15, 0.2) is 48.7 Å². The fraction of sp³-hybridized carbons (Fsp3) is 0.469. The van der Waals surface area contributed by atoms with Gasteiger partial charge in [0.15, 0.2) is 11.9 Å². The minimum atomic E-state index is -1.93. The van der Waals surface area contributed by atoms with E-state index >= 15 is 0 Å². The quantitative estimate of drug-likeness (QED) is 0.0335. The summed E-state index contributed by atoms with van der Waals surface area (Å²) in [6.45, 7) is 1.22. The molecule has 1 fully saturated rings. The highest BCUT2D eigenvalue weighted by atomic mass is 19.1. The zero-order valence-corrected chi connectivity index (χ0v) is 43.2. The minimum absolute atomic E-state index is 0.0403. The molecule has 2 heterocycles. The number of nitrogens with one attached hydrogen (secondary N) is 12. The molecule has 1 aromatic heterocycles. The number of H-pyrrole nitrogens is 1. The molecule has 0 saturated carbocycles. The number of fused-ring (bicyclic) bond motifs is 1. The van der Waals surface area contributed by atoms with E-state index in [0.717, 1.165) is 19.1 Å². The van der Waals surface area contributed by atoms with Gasteiger partial charge in [-0.2, -0.15) is 0 Å². The Labute approximate surface area is 447 Å². The molecule has 27 nitrogen and oxygen atoms in total. The van der Waals surface area contributed by atoms with Gasteiger partial charge in [0, 0.05) is 76.0 Å². The number of carbonyl (C=O) groups excluding carboxylic acids is 10. The number of guanidine groups is 2. The molecular weight excluding hydrogens is 1020 g/mol. The zero-order valence-electron chi connectivity index (χ0n) is 43.2. The van der Waals surface area contributed by atoms with Crippen LogP contribution in [-0.4, -0.2) is 150 Å². The second kappa shape index (κ2) is 30.0. The van der Waals surface area contributed by atoms with Crippen LogP contribution in [0.25, 0.3) is 10.9 Å². The summed E-state index contributed by atoms with van der Waals surface area (Å²) in [5.41, 5.74) is 23.3. The third kappa shape index (κ3) is 20.3. The molecule has 0 radical (unpaired) electrons. The Kier molecular flexibility index (Phi) is 23.7. The number of para-hydroxylation sites is 1. The first kappa shape index (κ1) is 61.6. The van der Waals surface area contributed by atoms with Gasteiger partial charge in [0.2, 0.25) is 59.1 Å². The van der Waals surface area contributed by atoms with Crippen molar-refractivity contribution in [1.29, 1.82) is 10.8 Å². The summed E-state index contributed by atoms with van der Waals surface area (Å²) in [5.74, 6) is -12.6. The molecule has 0 spiro atoms. The molecule has 4 rings (SSSR count). The Morgan fingerprint density at radius 2 is 1.40 bits per heavy atom. The van der Waals surface area contributed by atoms with Gasteiger partial charge in [-0.1, -0.05) is 18.2 Å². The number of benzene rings is 2. The maximum Gasteiger partial charge on any atom is 0.243 e. The lowest BCUT2D eigenvalue weighted by Crippen LogP contribution is -2.61. The highest BCUT2D eigenvalue weighted by molar-refractivity contribution is 5.99. The Morgan fingerprint density at radius 1 is 0.782 bits per heavy atom. The third-order valence-electron chi connectivity index (χ3n) is 12.4. The van der Waals surface area contributed by atoms with Crippen molar-refractivity contribution in [3.05, 3.63) is 71.4 Å². The maximum atomic E-state index is 14.7. The molecule has 29 heteroatoms. The van der Waals surface area contributed by atoms with Gasteiger partial charge >= 0.3 is 0 Å². The number of carbonyl (C=O) groups is 10. The number of hydrogen-bond acceptors (Lipinski definition) is 12. The van der Waals surface area contributed by atoms with E-state index in [0.29, 0.717) is 22.5 Å². The molecule has 2 aromatic carbocycles. The first-order valence-electron chi connectivity index (χ1n) is 25.0. The van der Waals surface area contributed by atoms with E-state index in [1.54, 1.807) is 30.5 Å². The maximum absolute atomic E-state index is 14.7. The van der Waals surface area contributed by atoms with E-state index in [2.05, 4.69) is 52.8 Å². The molecule has 424 valence electrons. The van der Waals surface area contributed by atoms with Crippen LogP contribution < -0.4 is 70.8 Å². The van der Waals surface area contributed by atoms with Crippen molar-refractivity contribution in [3.8, 4) is 0 Å². The number of nitrogens with zero attached hydrogens (tertiary/aromatic N) is 1. The van der Waals surface area contributed by atoms with E-state index in [9.17, 15) is 56.7 Å². The smallest absolute Gasteiger partial charge is 0.243 e. The topological polar surface area (TPSA) is 450 Å². The SMILES string of the molecule is CC(=O)N[C@@H](CCCNC(=N)N)C(=O)N[C@H]1CCC(=O)NCCCC(C(N)=O)NC(=O)[C@H](Cc2c[nH]c3ccccc23)NC(=O)[C@H](CCCN(C)C(=N)N)NC(=O)[C@@H](Cc2cc(F)cc(F)c2)NC(=O)[C@H](CC(N)=O)NC1=O. The fourth-order valence-corrected chi connectivity index (χ4v) is 8.37. The number of hydrogen-bond donors (Lipinski definition) is 16. The molecule has 3 aromatic rings. The molecule has 20 N–H and O–H groups in total. The summed E-state index contributed by atoms with van der Waals surface area (Å²) in [4.78, 5) is 141. The van der Waals surface area contributed by atoms with Crippen molar-refractivity contribution >= 4 is 81.9 Å². The summed E-state index contributed by atoms with van der Waals surface area (Å²) in [6.07, 6.45) is -1.18. The van der Waals surface area contributed by atoms with Crippen LogP contribution in [0.1, 0.15) is 75.8 Å². The molecule has 7 atom stereocenters. The van der Waals surface area contributed by atoms with Crippen LogP contribution in [-0.2, 0) is 60.8 Å². The van der Waals surface area contributed by atoms with Gasteiger partial charge < -0.3 is 80.7 Å². The zero-order chi connectivity index (χ0) is 57.6. The second-order valence-electron chi connectivity index (χ2n) is 18.7. The predicted octanol–water partition coefficient (Wildman–Crippen LogP) is -3.44. The first-order chi connectivity index (χ1) is 36.9. The van der Waals surface area contributed by atoms with Gasteiger partial charge in [-0.05, 0) is 74.3 Å². The van der Waals surface area contributed by atoms with Crippen LogP contribution in [0, 0.1) is 22.5 Å². The second-order valence-corrected chi connectivity index (χ2v) is 18.7. The number of amides is 10. The lowest BCUT2D eigenvalue weighted by Gasteiger charge is -2.28. The normalized spacial score (nSPS) is 20.7.